The van der Waals surface area contributed by atoms with Gasteiger partial charge in [0.2, 0.25) is 0 Å². The van der Waals surface area contributed by atoms with Gasteiger partial charge in [0.25, 0.3) is 0 Å². The van der Waals surface area contributed by atoms with E-state index in [4.69, 9.17) is 5.11 Å². The van der Waals surface area contributed by atoms with Gasteiger partial charge in [0.15, 0.2) is 0 Å². The summed E-state index contributed by atoms with van der Waals surface area (Å²) in [6.45, 7) is 7.88. The first-order valence-electron chi connectivity index (χ1n) is 8.67. The van der Waals surface area contributed by atoms with Gasteiger partial charge < -0.3 is 11.5 Å². The molecule has 4 aromatic rings. The molecule has 0 saturated heterocycles. The molecule has 0 aliphatic rings. The van der Waals surface area contributed by atoms with Gasteiger partial charge in [-0.15, -0.1) is 59.3 Å². The first-order chi connectivity index (χ1) is 12.8. The summed E-state index contributed by atoms with van der Waals surface area (Å²) in [5.41, 5.74) is 0. The molecule has 0 heterocycles. The van der Waals surface area contributed by atoms with Crippen molar-refractivity contribution in [3.8, 4) is 0 Å². The third kappa shape index (κ3) is 10.0. The quantitative estimate of drug-likeness (QED) is 0.286. The van der Waals surface area contributed by atoms with Gasteiger partial charge in [-0.05, 0) is 6.92 Å². The van der Waals surface area contributed by atoms with Crippen LogP contribution in [-0.2, 0) is 23.3 Å². The van der Waals surface area contributed by atoms with Gasteiger partial charge in [-0.3, -0.25) is 0 Å². The maximum Gasteiger partial charge on any atom is -0.0809 e. The second-order valence-electron chi connectivity index (χ2n) is 5.20. The number of hydrogen-bond donors (Lipinski definition) is 1. The van der Waals surface area contributed by atoms with Gasteiger partial charge in [-0.1, -0.05) is 12.1 Å². The summed E-state index contributed by atoms with van der Waals surface area (Å²) in [6.07, 6.45) is 2.00. The molecule has 26 heavy (non-hydrogen) atoms. The zero-order valence-electron chi connectivity index (χ0n) is 16.0. The largest absolute Gasteiger partial charge is 0.168 e. The molecule has 0 unspecified atom stereocenters. The molecule has 0 atom stereocenters. The van der Waals surface area contributed by atoms with Crippen LogP contribution < -0.4 is 0 Å². The van der Waals surface area contributed by atoms with Gasteiger partial charge >= 0.3 is 30.2 Å². The van der Waals surface area contributed by atoms with Crippen molar-refractivity contribution in [1.29, 1.82) is 0 Å². The van der Waals surface area contributed by atoms with Crippen LogP contribution in [0, 0.1) is 6.42 Å². The number of aliphatic hydroxyl groups is 1. The van der Waals surface area contributed by atoms with E-state index in [0.717, 1.165) is 0 Å². The Morgan fingerprint density at radius 2 is 1.12 bits per heavy atom. The van der Waals surface area contributed by atoms with Crippen molar-refractivity contribution >= 4 is 28.4 Å². The summed E-state index contributed by atoms with van der Waals surface area (Å²) in [7, 11) is 0. The fraction of sp³-hybridized carbons (Fsp3) is 0.174. The molecule has 0 aromatic heterocycles. The van der Waals surface area contributed by atoms with Crippen LogP contribution >= 0.6 is 0 Å². The van der Waals surface area contributed by atoms with Gasteiger partial charge in [-0.2, -0.15) is 48.9 Å². The molecule has 138 valence electrons. The molecule has 0 radical (unpaired) electrons. The summed E-state index contributed by atoms with van der Waals surface area (Å²) < 4.78 is 0. The Morgan fingerprint density at radius 1 is 0.808 bits per heavy atom. The van der Waals surface area contributed by atoms with Crippen molar-refractivity contribution < 1.29 is 28.4 Å². The smallest absolute Gasteiger partial charge is 0.0809 e. The summed E-state index contributed by atoms with van der Waals surface area (Å²) in [5, 5.41) is 12.9. The van der Waals surface area contributed by atoms with E-state index in [1.54, 1.807) is 30.3 Å². The van der Waals surface area contributed by atoms with Crippen LogP contribution in [0.1, 0.15) is 20.8 Å². The summed E-state index contributed by atoms with van der Waals surface area (Å²) >= 11 is 1.58. The van der Waals surface area contributed by atoms with Crippen molar-refractivity contribution in [3.63, 3.8) is 0 Å². The van der Waals surface area contributed by atoms with E-state index in [2.05, 4.69) is 84.9 Å². The molecule has 0 spiro atoms. The molecule has 1 nitrogen and oxygen atoms in total. The van der Waals surface area contributed by atoms with Gasteiger partial charge in [0.1, 0.15) is 0 Å². The standard InChI is InChI=1S/2C9H7.C3H7.C2H6O.H2Si.Zr/c2*1-2-5-9-7-3-6-8(9)4-1;1-3-2;1-2-3;;/h2*1-7H;3H,1-2H3;3H,2H2,1H3;1H2;/q3*-1;;;. The molecule has 4 rings (SSSR count). The Kier molecular flexibility index (Phi) is 16.3. The molecule has 3 heteroatoms. The Bertz CT molecular complexity index is 675. The molecule has 0 bridgehead atoms. The SMILES string of the molecule is CCO.C[CH-]C.[SiH2]=[Zr].c1ccc2[cH-]ccc2c1.c1ccc2[cH-]ccc2c1. The van der Waals surface area contributed by atoms with E-state index in [0.29, 0.717) is 0 Å². The van der Waals surface area contributed by atoms with E-state index < -0.39 is 0 Å². The molecule has 0 fully saturated rings. The second kappa shape index (κ2) is 17.1. The topological polar surface area (TPSA) is 20.2 Å². The maximum atomic E-state index is 7.57. The van der Waals surface area contributed by atoms with Crippen LogP contribution in [0.25, 0.3) is 21.5 Å². The van der Waals surface area contributed by atoms with Crippen LogP contribution in [0.3, 0.4) is 0 Å². The predicted molar refractivity (Wildman–Crippen MR) is 116 cm³/mol. The summed E-state index contributed by atoms with van der Waals surface area (Å²) in [4.78, 5) is 0. The summed E-state index contributed by atoms with van der Waals surface area (Å²) in [5.74, 6) is 0. The van der Waals surface area contributed by atoms with Crippen molar-refractivity contribution in [2.45, 2.75) is 20.8 Å². The van der Waals surface area contributed by atoms with E-state index in [9.17, 15) is 0 Å². The number of hydrogen-bond acceptors (Lipinski definition) is 1. The van der Waals surface area contributed by atoms with Crippen molar-refractivity contribution in [3.05, 3.63) is 91.3 Å². The maximum absolute atomic E-state index is 7.57. The average molecular weight is 441 g/mol. The first-order valence-corrected chi connectivity index (χ1v) is 14.6. The normalized spacial score (nSPS) is 8.58. The van der Waals surface area contributed by atoms with Crippen LogP contribution in [0.4, 0.5) is 0 Å². The minimum atomic E-state index is 0.250. The fourth-order valence-electron chi connectivity index (χ4n) is 2.14. The van der Waals surface area contributed by atoms with Crippen molar-refractivity contribution in [2.24, 2.45) is 0 Å². The van der Waals surface area contributed by atoms with E-state index in [-0.39, 0.29) is 6.61 Å². The van der Waals surface area contributed by atoms with Gasteiger partial charge in [0, 0.05) is 6.61 Å². The monoisotopic (exact) mass is 439 g/mol. The molecule has 1 N–H and O–H groups in total. The van der Waals surface area contributed by atoms with Crippen LogP contribution in [0.5, 0.6) is 0 Å². The minimum absolute atomic E-state index is 0.250. The third-order valence-corrected chi connectivity index (χ3v) is 3.10. The number of aliphatic hydroxyl groups excluding tert-OH is 1. The van der Waals surface area contributed by atoms with Crippen molar-refractivity contribution in [1.82, 2.24) is 0 Å². The summed E-state index contributed by atoms with van der Waals surface area (Å²) in [6, 6.07) is 29.3. The fourth-order valence-corrected chi connectivity index (χ4v) is 2.14. The predicted octanol–water partition coefficient (Wildman–Crippen LogP) is 5.43. The second-order valence-corrected chi connectivity index (χ2v) is 5.20. The Hall–Kier alpha value is -1.28. The molecule has 0 saturated carbocycles. The average Bonchev–Trinajstić information content (AvgIpc) is 3.34. The van der Waals surface area contributed by atoms with Crippen molar-refractivity contribution in [2.75, 3.05) is 6.61 Å². The number of benzene rings is 2. The Morgan fingerprint density at radius 3 is 1.42 bits per heavy atom. The van der Waals surface area contributed by atoms with Gasteiger partial charge in [0.05, 0.1) is 0 Å². The minimum Gasteiger partial charge on any atom is -0.168 e. The molecule has 4 aromatic carbocycles. The van der Waals surface area contributed by atoms with E-state index in [1.165, 1.54) is 21.5 Å². The first kappa shape index (κ1) is 24.7. The Balaban J connectivity index is 0.000000348. The van der Waals surface area contributed by atoms with Crippen LogP contribution in [-0.4, -0.2) is 18.6 Å². The zero-order valence-corrected chi connectivity index (χ0v) is 19.9. The van der Waals surface area contributed by atoms with Gasteiger partial charge in [-0.25, -0.2) is 0 Å². The third-order valence-electron chi connectivity index (χ3n) is 3.10. The molecule has 0 amide bonds. The van der Waals surface area contributed by atoms with E-state index in [1.807, 2.05) is 27.1 Å². The van der Waals surface area contributed by atoms with Crippen LogP contribution in [0.2, 0.25) is 0 Å². The molecular formula is C23H29OSiZr-3. The number of fused-ring (bicyclic) bond motifs is 2. The number of rotatable bonds is 0. The van der Waals surface area contributed by atoms with E-state index >= 15 is 0 Å². The van der Waals surface area contributed by atoms with Crippen LogP contribution in [0.15, 0.2) is 84.9 Å². The zero-order chi connectivity index (χ0) is 19.6. The Labute approximate surface area is 175 Å². The molecule has 0 aliphatic heterocycles. The molecule has 0 aliphatic carbocycles. The molecular weight excluding hydrogens is 412 g/mol.